The molecule has 0 radical (unpaired) electrons. The minimum absolute atomic E-state index is 0.105. The first-order valence-corrected chi connectivity index (χ1v) is 14.0. The predicted molar refractivity (Wildman–Crippen MR) is 155 cm³/mol. The first kappa shape index (κ1) is 30.3. The summed E-state index contributed by atoms with van der Waals surface area (Å²) in [6, 6.07) is 9.25. The summed E-state index contributed by atoms with van der Waals surface area (Å²) in [5.74, 6) is 1.60. The maximum atomic E-state index is 6.80. The second kappa shape index (κ2) is 16.0. The van der Waals surface area contributed by atoms with Gasteiger partial charge in [0.05, 0.1) is 0 Å². The van der Waals surface area contributed by atoms with Crippen LogP contribution >= 0.6 is 0 Å². The third-order valence-electron chi connectivity index (χ3n) is 7.71. The Labute approximate surface area is 222 Å². The van der Waals surface area contributed by atoms with E-state index in [1.54, 1.807) is 0 Å². The summed E-state index contributed by atoms with van der Waals surface area (Å²) < 4.78 is 5.15. The molecular weight excluding hydrogens is 442 g/mol. The molecule has 5 rings (SSSR count). The van der Waals surface area contributed by atoms with E-state index in [9.17, 15) is 0 Å². The van der Waals surface area contributed by atoms with Crippen molar-refractivity contribution in [1.82, 2.24) is 9.80 Å². The topological polar surface area (TPSA) is 41.7 Å². The molecule has 200 valence electrons. The lowest BCUT2D eigenvalue weighted by atomic mass is 9.79. The van der Waals surface area contributed by atoms with Crippen molar-refractivity contribution in [3.05, 3.63) is 60.2 Å². The van der Waals surface area contributed by atoms with Crippen molar-refractivity contribution in [1.29, 1.82) is 0 Å². The summed E-state index contributed by atoms with van der Waals surface area (Å²) in [4.78, 5) is 4.95. The van der Waals surface area contributed by atoms with Crippen LogP contribution in [-0.2, 0) is 11.2 Å². The molecule has 0 bridgehead atoms. The summed E-state index contributed by atoms with van der Waals surface area (Å²) in [5.41, 5.74) is 9.53. The van der Waals surface area contributed by atoms with Crippen LogP contribution in [0, 0.1) is 24.7 Å². The third-order valence-corrected chi connectivity index (χ3v) is 7.71. The fourth-order valence-electron chi connectivity index (χ4n) is 5.71. The number of allylic oxidation sites excluding steroid dienone is 1. The van der Waals surface area contributed by atoms with Gasteiger partial charge in [-0.05, 0) is 69.3 Å². The molecule has 3 fully saturated rings. The van der Waals surface area contributed by atoms with Gasteiger partial charge in [-0.1, -0.05) is 62.8 Å². The van der Waals surface area contributed by atoms with Crippen LogP contribution < -0.4 is 5.73 Å². The van der Waals surface area contributed by atoms with E-state index in [0.29, 0.717) is 11.8 Å². The van der Waals surface area contributed by atoms with Crippen LogP contribution in [0.4, 0.5) is 0 Å². The zero-order valence-electron chi connectivity index (χ0n) is 23.2. The monoisotopic (exact) mass is 493 g/mol. The molecule has 36 heavy (non-hydrogen) atoms. The maximum Gasteiger partial charge on any atom is 0.0471 e. The zero-order valence-corrected chi connectivity index (χ0v) is 23.2. The average Bonchev–Trinajstić information content (AvgIpc) is 3.61. The van der Waals surface area contributed by atoms with E-state index in [2.05, 4.69) is 86.5 Å². The molecule has 1 aromatic carbocycles. The minimum Gasteiger partial charge on any atom is -0.381 e. The van der Waals surface area contributed by atoms with Crippen LogP contribution in [0.2, 0.25) is 0 Å². The fraction of sp³-hybridized carbons (Fsp3) is 0.625. The number of nitrogens with two attached hydrogens (primary N) is 1. The van der Waals surface area contributed by atoms with E-state index in [1.165, 1.54) is 69.3 Å². The molecule has 4 nitrogen and oxygen atoms in total. The van der Waals surface area contributed by atoms with Crippen molar-refractivity contribution in [3.8, 4) is 12.8 Å². The highest BCUT2D eigenvalue weighted by molar-refractivity contribution is 5.38. The zero-order chi connectivity index (χ0) is 26.4. The number of benzene rings is 1. The van der Waals surface area contributed by atoms with Gasteiger partial charge in [-0.25, -0.2) is 0 Å². The molecule has 0 amide bonds. The molecule has 2 unspecified atom stereocenters. The van der Waals surface area contributed by atoms with Crippen molar-refractivity contribution in [2.75, 3.05) is 53.0 Å². The number of likely N-dealkylation sites (N-methyl/N-ethyl adjacent to an activating group) is 1. The molecule has 0 aromatic heterocycles. The Morgan fingerprint density at radius 1 is 1.08 bits per heavy atom. The average molecular weight is 494 g/mol. The lowest BCUT2D eigenvalue weighted by Crippen LogP contribution is -2.49. The lowest BCUT2D eigenvalue weighted by molar-refractivity contribution is 0.0786. The lowest BCUT2D eigenvalue weighted by Gasteiger charge is -2.31. The molecule has 4 aliphatic rings. The van der Waals surface area contributed by atoms with E-state index in [0.717, 1.165) is 32.2 Å². The van der Waals surface area contributed by atoms with Gasteiger partial charge >= 0.3 is 0 Å². The number of rotatable bonds is 5. The van der Waals surface area contributed by atoms with Crippen LogP contribution in [0.1, 0.15) is 63.0 Å². The van der Waals surface area contributed by atoms with Crippen LogP contribution in [0.5, 0.6) is 0 Å². The Bertz CT molecular complexity index is 789. The summed E-state index contributed by atoms with van der Waals surface area (Å²) in [5, 5.41) is 0. The largest absolute Gasteiger partial charge is 0.381 e. The molecule has 3 aliphatic heterocycles. The van der Waals surface area contributed by atoms with Crippen molar-refractivity contribution < 1.29 is 4.74 Å². The van der Waals surface area contributed by atoms with Crippen LogP contribution in [0.3, 0.4) is 0 Å². The number of ether oxygens (including phenoxy) is 1. The highest BCUT2D eigenvalue weighted by Crippen LogP contribution is 2.44. The van der Waals surface area contributed by atoms with Gasteiger partial charge in [-0.15, -0.1) is 19.4 Å². The van der Waals surface area contributed by atoms with Gasteiger partial charge in [0.2, 0.25) is 0 Å². The van der Waals surface area contributed by atoms with Crippen molar-refractivity contribution in [2.45, 2.75) is 63.8 Å². The Balaban J connectivity index is 0.000000293. The SMILES string of the molecule is C#C.C=CC1CCOCC1.CCC.CN1CC2C=C[C@@H](c3ccc(CCN4CCCC4)cc3)C2(N)C1. The highest BCUT2D eigenvalue weighted by atomic mass is 16.5. The Morgan fingerprint density at radius 2 is 1.69 bits per heavy atom. The normalized spacial score (nSPS) is 27.6. The van der Waals surface area contributed by atoms with Crippen molar-refractivity contribution >= 4 is 0 Å². The van der Waals surface area contributed by atoms with Gasteiger partial charge in [0.15, 0.2) is 0 Å². The molecule has 4 heteroatoms. The number of hydrogen-bond acceptors (Lipinski definition) is 4. The molecule has 3 atom stereocenters. The summed E-state index contributed by atoms with van der Waals surface area (Å²) in [6.07, 6.45) is 22.2. The van der Waals surface area contributed by atoms with Gasteiger partial charge in [-0.2, -0.15) is 0 Å². The van der Waals surface area contributed by atoms with E-state index >= 15 is 0 Å². The van der Waals surface area contributed by atoms with Gasteiger partial charge in [0.1, 0.15) is 0 Å². The molecule has 3 saturated heterocycles. The number of likely N-dealkylation sites (tertiary alicyclic amines) is 2. The summed E-state index contributed by atoms with van der Waals surface area (Å²) in [7, 11) is 2.18. The predicted octanol–water partition coefficient (Wildman–Crippen LogP) is 5.50. The van der Waals surface area contributed by atoms with Crippen molar-refractivity contribution in [3.63, 3.8) is 0 Å². The fourth-order valence-corrected chi connectivity index (χ4v) is 5.71. The number of nitrogens with zero attached hydrogens (tertiary/aromatic N) is 2. The number of fused-ring (bicyclic) bond motifs is 1. The molecule has 1 aliphatic carbocycles. The second-order valence-electron chi connectivity index (χ2n) is 10.7. The van der Waals surface area contributed by atoms with Crippen LogP contribution in [0.25, 0.3) is 0 Å². The van der Waals surface area contributed by atoms with E-state index in [4.69, 9.17) is 10.5 Å². The molecule has 3 heterocycles. The Hall–Kier alpha value is -1.90. The third kappa shape index (κ3) is 8.60. The van der Waals surface area contributed by atoms with Gasteiger partial charge in [-0.3, -0.25) is 0 Å². The molecule has 1 aromatic rings. The molecule has 0 saturated carbocycles. The first-order chi connectivity index (χ1) is 17.5. The van der Waals surface area contributed by atoms with Crippen LogP contribution in [0.15, 0.2) is 49.1 Å². The molecular formula is C32H51N3O. The van der Waals surface area contributed by atoms with E-state index < -0.39 is 0 Å². The smallest absolute Gasteiger partial charge is 0.0471 e. The number of hydrogen-bond donors (Lipinski definition) is 1. The molecule has 2 N–H and O–H groups in total. The summed E-state index contributed by atoms with van der Waals surface area (Å²) in [6.45, 7) is 15.7. The maximum absolute atomic E-state index is 6.80. The van der Waals surface area contributed by atoms with Gasteiger partial charge in [0.25, 0.3) is 0 Å². The second-order valence-corrected chi connectivity index (χ2v) is 10.7. The molecule has 0 spiro atoms. The van der Waals surface area contributed by atoms with Crippen molar-refractivity contribution in [2.24, 2.45) is 17.6 Å². The highest BCUT2D eigenvalue weighted by Gasteiger charge is 2.49. The van der Waals surface area contributed by atoms with E-state index in [1.807, 2.05) is 6.08 Å². The van der Waals surface area contributed by atoms with Crippen LogP contribution in [-0.4, -0.2) is 68.3 Å². The quantitative estimate of drug-likeness (QED) is 0.434. The Morgan fingerprint density at radius 3 is 2.25 bits per heavy atom. The minimum atomic E-state index is -0.105. The van der Waals surface area contributed by atoms with Gasteiger partial charge in [0, 0.05) is 50.2 Å². The first-order valence-electron chi connectivity index (χ1n) is 14.0. The number of terminal acetylenes is 1. The van der Waals surface area contributed by atoms with Gasteiger partial charge < -0.3 is 20.3 Å². The standard InChI is InChI=1S/C20H29N3.C7H12O.C3H8.C2H2/c1-22-14-18-8-9-19(20(18,21)15-22)17-6-4-16(5-7-17)10-13-23-11-2-3-12-23;1-2-7-3-5-8-6-4-7;1-3-2;1-2/h4-9,18-19H,2-3,10-15,21H2,1H3;2,7H,1,3-6H2;3H2,1-2H3;1-2H/t18?,19-,20?;;;/m0.../s1. The summed E-state index contributed by atoms with van der Waals surface area (Å²) >= 11 is 0. The Kier molecular flexibility index (Phi) is 13.5. The van der Waals surface area contributed by atoms with E-state index in [-0.39, 0.29) is 5.54 Å².